The van der Waals surface area contributed by atoms with Gasteiger partial charge in [0, 0.05) is 19.5 Å². The fraction of sp³-hybridized carbons (Fsp3) is 0.600. The van der Waals surface area contributed by atoms with Crippen molar-refractivity contribution in [1.29, 1.82) is 0 Å². The number of amides is 2. The van der Waals surface area contributed by atoms with Crippen LogP contribution in [0.3, 0.4) is 0 Å². The Labute approximate surface area is 150 Å². The number of nitrogens with zero attached hydrogens (tertiary/aromatic N) is 1. The molecule has 0 unspecified atom stereocenters. The molecule has 2 aliphatic rings. The number of nitrogens with two attached hydrogens (primary N) is 1. The van der Waals surface area contributed by atoms with Gasteiger partial charge in [-0.2, -0.15) is 0 Å². The van der Waals surface area contributed by atoms with Crippen LogP contribution in [0.5, 0.6) is 0 Å². The van der Waals surface area contributed by atoms with Crippen LogP contribution < -0.4 is 11.1 Å². The topological polar surface area (TPSA) is 75.4 Å². The summed E-state index contributed by atoms with van der Waals surface area (Å²) in [6.45, 7) is 3.40. The number of primary amides is 1. The zero-order chi connectivity index (χ0) is 17.6. The molecule has 0 radical (unpaired) electrons. The number of hydrogen-bond donors (Lipinski definition) is 2. The largest absolute Gasteiger partial charge is 0.369 e. The van der Waals surface area contributed by atoms with Crippen molar-refractivity contribution < 1.29 is 9.59 Å². The fourth-order valence-corrected chi connectivity index (χ4v) is 4.17. The van der Waals surface area contributed by atoms with Gasteiger partial charge in [-0.05, 0) is 62.2 Å². The summed E-state index contributed by atoms with van der Waals surface area (Å²) in [5.74, 6) is 0.325. The number of benzene rings is 1. The molecule has 2 amide bonds. The van der Waals surface area contributed by atoms with Gasteiger partial charge in [0.1, 0.15) is 0 Å². The SMILES string of the molecule is NC(=O)[C@@H]1CCCN(CCCNC(=O)C[C@H]2CCc3ccccc32)C1. The molecule has 1 aliphatic heterocycles. The summed E-state index contributed by atoms with van der Waals surface area (Å²) in [6, 6.07) is 8.47. The molecule has 5 heteroatoms. The minimum absolute atomic E-state index is 0.00854. The van der Waals surface area contributed by atoms with Crippen molar-refractivity contribution in [1.82, 2.24) is 10.2 Å². The molecule has 5 nitrogen and oxygen atoms in total. The smallest absolute Gasteiger partial charge is 0.221 e. The van der Waals surface area contributed by atoms with Crippen LogP contribution in [0.25, 0.3) is 0 Å². The lowest BCUT2D eigenvalue weighted by Crippen LogP contribution is -2.42. The average molecular weight is 343 g/mol. The number of likely N-dealkylation sites (tertiary alicyclic amines) is 1. The number of carbonyl (C=O) groups excluding carboxylic acids is 2. The summed E-state index contributed by atoms with van der Waals surface area (Å²) in [7, 11) is 0. The lowest BCUT2D eigenvalue weighted by molar-refractivity contribution is -0.123. The molecule has 1 heterocycles. The summed E-state index contributed by atoms with van der Waals surface area (Å²) >= 11 is 0. The molecule has 0 aromatic heterocycles. The predicted molar refractivity (Wildman–Crippen MR) is 98.1 cm³/mol. The van der Waals surface area contributed by atoms with Crippen LogP contribution in [-0.4, -0.2) is 42.9 Å². The van der Waals surface area contributed by atoms with Crippen LogP contribution in [0, 0.1) is 5.92 Å². The molecule has 1 saturated heterocycles. The van der Waals surface area contributed by atoms with E-state index in [1.165, 1.54) is 11.1 Å². The molecule has 0 spiro atoms. The van der Waals surface area contributed by atoms with E-state index < -0.39 is 0 Å². The lowest BCUT2D eigenvalue weighted by Gasteiger charge is -2.31. The Kier molecular flexibility index (Phi) is 6.08. The number of hydrogen-bond acceptors (Lipinski definition) is 3. The maximum Gasteiger partial charge on any atom is 0.221 e. The highest BCUT2D eigenvalue weighted by Gasteiger charge is 2.25. The predicted octanol–water partition coefficient (Wildman–Crippen LogP) is 1.81. The van der Waals surface area contributed by atoms with Gasteiger partial charge in [-0.3, -0.25) is 9.59 Å². The van der Waals surface area contributed by atoms with Gasteiger partial charge < -0.3 is 16.0 Å². The van der Waals surface area contributed by atoms with Gasteiger partial charge in [0.05, 0.1) is 5.92 Å². The lowest BCUT2D eigenvalue weighted by atomic mass is 9.97. The van der Waals surface area contributed by atoms with Gasteiger partial charge >= 0.3 is 0 Å². The number of aryl methyl sites for hydroxylation is 1. The highest BCUT2D eigenvalue weighted by molar-refractivity contribution is 5.77. The summed E-state index contributed by atoms with van der Waals surface area (Å²) in [5, 5.41) is 3.06. The maximum atomic E-state index is 12.2. The first kappa shape index (κ1) is 17.9. The Hall–Kier alpha value is -1.88. The molecular weight excluding hydrogens is 314 g/mol. The molecule has 1 aliphatic carbocycles. The number of nitrogens with one attached hydrogen (secondary N) is 1. The molecule has 0 saturated carbocycles. The molecule has 2 atom stereocenters. The first-order valence-corrected chi connectivity index (χ1v) is 9.49. The second-order valence-electron chi connectivity index (χ2n) is 7.38. The summed E-state index contributed by atoms with van der Waals surface area (Å²) in [5.41, 5.74) is 8.16. The summed E-state index contributed by atoms with van der Waals surface area (Å²) in [4.78, 5) is 25.8. The van der Waals surface area contributed by atoms with E-state index in [4.69, 9.17) is 5.73 Å². The highest BCUT2D eigenvalue weighted by Crippen LogP contribution is 2.34. The van der Waals surface area contributed by atoms with Crippen molar-refractivity contribution in [3.05, 3.63) is 35.4 Å². The van der Waals surface area contributed by atoms with E-state index in [9.17, 15) is 9.59 Å². The van der Waals surface area contributed by atoms with Crippen molar-refractivity contribution in [2.75, 3.05) is 26.2 Å². The number of piperidine rings is 1. The number of carbonyl (C=O) groups is 2. The van der Waals surface area contributed by atoms with E-state index in [2.05, 4.69) is 34.5 Å². The van der Waals surface area contributed by atoms with E-state index in [0.717, 1.165) is 51.7 Å². The Balaban J connectivity index is 1.34. The van der Waals surface area contributed by atoms with Crippen molar-refractivity contribution in [3.63, 3.8) is 0 Å². The van der Waals surface area contributed by atoms with Crippen molar-refractivity contribution in [2.45, 2.75) is 44.4 Å². The van der Waals surface area contributed by atoms with Crippen LogP contribution in [-0.2, 0) is 16.0 Å². The average Bonchev–Trinajstić information content (AvgIpc) is 3.02. The Bertz CT molecular complexity index is 617. The van der Waals surface area contributed by atoms with E-state index >= 15 is 0 Å². The first-order chi connectivity index (χ1) is 12.1. The Morgan fingerprint density at radius 3 is 2.92 bits per heavy atom. The monoisotopic (exact) mass is 343 g/mol. The zero-order valence-electron chi connectivity index (χ0n) is 14.9. The van der Waals surface area contributed by atoms with Gasteiger partial charge in [0.15, 0.2) is 0 Å². The van der Waals surface area contributed by atoms with Crippen LogP contribution in [0.4, 0.5) is 0 Å². The molecule has 3 rings (SSSR count). The van der Waals surface area contributed by atoms with Crippen molar-refractivity contribution >= 4 is 11.8 Å². The van der Waals surface area contributed by atoms with Crippen LogP contribution in [0.2, 0.25) is 0 Å². The van der Waals surface area contributed by atoms with Gasteiger partial charge in [0.2, 0.25) is 11.8 Å². The zero-order valence-corrected chi connectivity index (χ0v) is 14.9. The second kappa shape index (κ2) is 8.48. The molecule has 1 aromatic carbocycles. The Morgan fingerprint density at radius 2 is 2.08 bits per heavy atom. The number of fused-ring (bicyclic) bond motifs is 1. The van der Waals surface area contributed by atoms with Crippen LogP contribution in [0.1, 0.15) is 49.1 Å². The normalized spacial score (nSPS) is 23.2. The van der Waals surface area contributed by atoms with Gasteiger partial charge in [0.25, 0.3) is 0 Å². The third-order valence-corrected chi connectivity index (χ3v) is 5.57. The van der Waals surface area contributed by atoms with Crippen molar-refractivity contribution in [3.8, 4) is 0 Å². The summed E-state index contributed by atoms with van der Waals surface area (Å²) < 4.78 is 0. The minimum atomic E-state index is -0.185. The van der Waals surface area contributed by atoms with E-state index in [1.54, 1.807) is 0 Å². The molecule has 1 fully saturated rings. The second-order valence-corrected chi connectivity index (χ2v) is 7.38. The summed E-state index contributed by atoms with van der Waals surface area (Å²) in [6.07, 6.45) is 5.61. The molecule has 3 N–H and O–H groups in total. The molecule has 25 heavy (non-hydrogen) atoms. The van der Waals surface area contributed by atoms with Crippen LogP contribution in [0.15, 0.2) is 24.3 Å². The third-order valence-electron chi connectivity index (χ3n) is 5.57. The van der Waals surface area contributed by atoms with E-state index in [-0.39, 0.29) is 17.7 Å². The van der Waals surface area contributed by atoms with E-state index in [1.807, 2.05) is 0 Å². The van der Waals surface area contributed by atoms with E-state index in [0.29, 0.717) is 18.9 Å². The van der Waals surface area contributed by atoms with Crippen LogP contribution >= 0.6 is 0 Å². The standard InChI is InChI=1S/C20H29N3O2/c21-20(25)17-6-3-11-23(14-17)12-4-10-22-19(24)13-16-9-8-15-5-1-2-7-18(15)16/h1-2,5,7,16-17H,3-4,6,8-14H2,(H2,21,25)(H,22,24)/t16-,17-/m1/s1. The number of rotatable bonds is 7. The quantitative estimate of drug-likeness (QED) is 0.742. The fourth-order valence-electron chi connectivity index (χ4n) is 4.17. The van der Waals surface area contributed by atoms with Crippen molar-refractivity contribution in [2.24, 2.45) is 11.7 Å². The van der Waals surface area contributed by atoms with Gasteiger partial charge in [-0.25, -0.2) is 0 Å². The first-order valence-electron chi connectivity index (χ1n) is 9.49. The molecule has 136 valence electrons. The molecule has 0 bridgehead atoms. The molecular formula is C20H29N3O2. The minimum Gasteiger partial charge on any atom is -0.369 e. The highest BCUT2D eigenvalue weighted by atomic mass is 16.2. The van der Waals surface area contributed by atoms with Gasteiger partial charge in [-0.15, -0.1) is 0 Å². The Morgan fingerprint density at radius 1 is 1.24 bits per heavy atom. The molecule has 1 aromatic rings. The maximum absolute atomic E-state index is 12.2. The van der Waals surface area contributed by atoms with Gasteiger partial charge in [-0.1, -0.05) is 24.3 Å². The third kappa shape index (κ3) is 4.82.